The third-order valence-corrected chi connectivity index (χ3v) is 16.0. The molecule has 3 N–H and O–H groups in total. The quantitative estimate of drug-likeness (QED) is 0.247. The molecule has 4 aliphatic rings. The molecule has 0 unspecified atom stereocenters. The maximum absolute atomic E-state index is 13.4. The van der Waals surface area contributed by atoms with Crippen LogP contribution in [0.25, 0.3) is 0 Å². The summed E-state index contributed by atoms with van der Waals surface area (Å²) in [7, 11) is -2.16. The van der Waals surface area contributed by atoms with E-state index in [2.05, 4.69) is 33.9 Å². The Kier molecular flexibility index (Phi) is 7.14. The molecule has 8 heteroatoms. The third kappa shape index (κ3) is 4.03. The fraction of sp³-hybridized carbons (Fsp3) is 0.806. The molecular formula is C31H50O7Si. The average molecular weight is 563 g/mol. The molecule has 0 bridgehead atoms. The molecule has 2 saturated carbocycles. The van der Waals surface area contributed by atoms with Crippen LogP contribution in [0.1, 0.15) is 75.2 Å². The topological polar surface area (TPSA) is 113 Å². The van der Waals surface area contributed by atoms with Crippen LogP contribution in [0.4, 0.5) is 0 Å². The van der Waals surface area contributed by atoms with Gasteiger partial charge in [0.2, 0.25) is 0 Å². The van der Waals surface area contributed by atoms with E-state index in [1.165, 1.54) is 0 Å². The van der Waals surface area contributed by atoms with Crippen LogP contribution in [-0.2, 0) is 18.8 Å². The molecule has 0 spiro atoms. The predicted molar refractivity (Wildman–Crippen MR) is 152 cm³/mol. The fourth-order valence-corrected chi connectivity index (χ4v) is 8.56. The average Bonchev–Trinajstić information content (AvgIpc) is 3.26. The molecular weight excluding hydrogens is 512 g/mol. The molecule has 0 saturated heterocycles. The van der Waals surface area contributed by atoms with Gasteiger partial charge in [0, 0.05) is 35.5 Å². The lowest BCUT2D eigenvalue weighted by atomic mass is 9.59. The number of ketones is 1. The van der Waals surface area contributed by atoms with E-state index >= 15 is 0 Å². The van der Waals surface area contributed by atoms with Crippen molar-refractivity contribution < 1.29 is 34.1 Å². The highest BCUT2D eigenvalue weighted by atomic mass is 28.4. The van der Waals surface area contributed by atoms with Gasteiger partial charge < -0.3 is 24.5 Å². The van der Waals surface area contributed by atoms with E-state index in [4.69, 9.17) is 9.16 Å². The molecule has 4 aliphatic carbocycles. The van der Waals surface area contributed by atoms with Gasteiger partial charge in [-0.25, -0.2) is 0 Å². The van der Waals surface area contributed by atoms with E-state index in [-0.39, 0.29) is 30.0 Å². The normalized spacial score (nSPS) is 41.9. The van der Waals surface area contributed by atoms with Crippen molar-refractivity contribution in [2.45, 2.75) is 116 Å². The Bertz CT molecular complexity index is 1120. The number of ether oxygens (including phenoxy) is 1. The molecule has 2 fully saturated rings. The first-order valence-corrected chi connectivity index (χ1v) is 17.5. The van der Waals surface area contributed by atoms with Gasteiger partial charge in [-0.1, -0.05) is 67.5 Å². The smallest absolute Gasteiger partial charge is 0.309 e. The molecule has 39 heavy (non-hydrogen) atoms. The highest BCUT2D eigenvalue weighted by molar-refractivity contribution is 6.74. The van der Waals surface area contributed by atoms with Crippen LogP contribution in [-0.4, -0.2) is 64.9 Å². The lowest BCUT2D eigenvalue weighted by Gasteiger charge is -2.52. The summed E-state index contributed by atoms with van der Waals surface area (Å²) in [6.07, 6.45) is 3.17. The van der Waals surface area contributed by atoms with Gasteiger partial charge in [-0.15, -0.1) is 0 Å². The Balaban J connectivity index is 1.85. The SMILES string of the molecule is CC[C@H](C)C(=O)O[C@@]12[C@H](O)[C@@H](C)[C@@]3(O)[C@@H](C=C(CO[Si](C)(C)C(C)(C)C)C[C@]4(O)C(=O)C(C)=C[C@@H]34)[C@@H]1C2(C)C. The molecule has 0 aromatic rings. The third-order valence-electron chi connectivity index (χ3n) is 11.5. The fourth-order valence-electron chi connectivity index (χ4n) is 7.58. The number of aliphatic hydroxyl groups excluding tert-OH is 1. The zero-order valence-electron chi connectivity index (χ0n) is 25.7. The van der Waals surface area contributed by atoms with Crippen molar-refractivity contribution in [1.82, 2.24) is 0 Å². The van der Waals surface area contributed by atoms with Crippen molar-refractivity contribution in [2.75, 3.05) is 6.61 Å². The van der Waals surface area contributed by atoms with Gasteiger partial charge in [0.05, 0.1) is 24.2 Å². The second-order valence-electron chi connectivity index (χ2n) is 15.0. The molecule has 0 aromatic carbocycles. The van der Waals surface area contributed by atoms with Gasteiger partial charge in [-0.3, -0.25) is 9.59 Å². The second-order valence-corrected chi connectivity index (χ2v) is 19.8. The number of carbonyl (C=O) groups excluding carboxylic acids is 2. The molecule has 4 rings (SSSR count). The zero-order chi connectivity index (χ0) is 29.7. The number of rotatable bonds is 6. The second kappa shape index (κ2) is 9.09. The largest absolute Gasteiger partial charge is 0.455 e. The first kappa shape index (κ1) is 30.6. The van der Waals surface area contributed by atoms with Crippen LogP contribution in [0.5, 0.6) is 0 Å². The predicted octanol–water partition coefficient (Wildman–Crippen LogP) is 4.56. The van der Waals surface area contributed by atoms with Crippen LogP contribution in [0.2, 0.25) is 18.1 Å². The standard InChI is InChI=1S/C31H50O7Si/c1-12-17(2)26(34)38-31-23(28(31,8)9)21-14-20(16-37-39(10,11)27(5,6)7)15-29(35)22(13-18(3)24(29)32)30(21,36)19(4)25(31)33/h13-14,17,19,21-23,25,33,35-36H,12,15-16H2,1-11H3/t17-,19+,21-,22+,23+,25+,29+,30+,31+/m0/s1. The lowest BCUT2D eigenvalue weighted by Crippen LogP contribution is -2.65. The van der Waals surface area contributed by atoms with E-state index in [0.717, 1.165) is 5.57 Å². The molecule has 0 heterocycles. The molecule has 220 valence electrons. The van der Waals surface area contributed by atoms with Crippen molar-refractivity contribution in [3.8, 4) is 0 Å². The molecule has 9 atom stereocenters. The summed E-state index contributed by atoms with van der Waals surface area (Å²) in [6, 6.07) is 0. The van der Waals surface area contributed by atoms with Crippen molar-refractivity contribution in [2.24, 2.45) is 35.0 Å². The molecule has 0 radical (unpaired) electrons. The first-order chi connectivity index (χ1) is 17.6. The summed E-state index contributed by atoms with van der Waals surface area (Å²) in [6.45, 7) is 22.2. The van der Waals surface area contributed by atoms with Gasteiger partial charge in [0.25, 0.3) is 0 Å². The van der Waals surface area contributed by atoms with Crippen LogP contribution in [0.15, 0.2) is 23.3 Å². The summed E-state index contributed by atoms with van der Waals surface area (Å²) in [5.74, 6) is -3.72. The summed E-state index contributed by atoms with van der Waals surface area (Å²) in [5, 5.41) is 36.5. The Labute approximate surface area is 235 Å². The number of fused-ring (bicyclic) bond motifs is 5. The Morgan fingerprint density at radius 1 is 1.21 bits per heavy atom. The Morgan fingerprint density at radius 3 is 2.33 bits per heavy atom. The maximum atomic E-state index is 13.4. The van der Waals surface area contributed by atoms with Gasteiger partial charge in [-0.2, -0.15) is 0 Å². The van der Waals surface area contributed by atoms with Crippen molar-refractivity contribution in [3.05, 3.63) is 23.3 Å². The van der Waals surface area contributed by atoms with E-state index in [1.54, 1.807) is 19.9 Å². The van der Waals surface area contributed by atoms with Crippen molar-refractivity contribution in [1.29, 1.82) is 0 Å². The van der Waals surface area contributed by atoms with Gasteiger partial charge >= 0.3 is 5.97 Å². The van der Waals surface area contributed by atoms with Crippen LogP contribution < -0.4 is 0 Å². The summed E-state index contributed by atoms with van der Waals surface area (Å²) in [5.41, 5.74) is -4.10. The Morgan fingerprint density at radius 2 is 1.79 bits per heavy atom. The van der Waals surface area contributed by atoms with E-state index in [1.807, 2.05) is 33.8 Å². The summed E-state index contributed by atoms with van der Waals surface area (Å²) >= 11 is 0. The summed E-state index contributed by atoms with van der Waals surface area (Å²) < 4.78 is 12.8. The summed E-state index contributed by atoms with van der Waals surface area (Å²) in [4.78, 5) is 26.5. The van der Waals surface area contributed by atoms with E-state index < -0.39 is 66.1 Å². The minimum absolute atomic E-state index is 0.0267. The van der Waals surface area contributed by atoms with Crippen molar-refractivity contribution in [3.63, 3.8) is 0 Å². The Hall–Kier alpha value is -1.32. The number of hydrogen-bond donors (Lipinski definition) is 3. The minimum Gasteiger partial charge on any atom is -0.455 e. The number of esters is 1. The number of aliphatic hydroxyl groups is 3. The highest BCUT2D eigenvalue weighted by Crippen LogP contribution is 2.76. The monoisotopic (exact) mass is 562 g/mol. The first-order valence-electron chi connectivity index (χ1n) is 14.6. The van der Waals surface area contributed by atoms with Gasteiger partial charge in [0.15, 0.2) is 14.1 Å². The number of carbonyl (C=O) groups is 2. The zero-order valence-corrected chi connectivity index (χ0v) is 26.7. The highest BCUT2D eigenvalue weighted by Gasteiger charge is 2.86. The molecule has 0 aromatic heterocycles. The maximum Gasteiger partial charge on any atom is 0.309 e. The number of Topliss-reactive ketones (excluding diaryl/α,β-unsaturated/α-hetero) is 1. The van der Waals surface area contributed by atoms with E-state index in [0.29, 0.717) is 12.0 Å². The van der Waals surface area contributed by atoms with E-state index in [9.17, 15) is 24.9 Å². The van der Waals surface area contributed by atoms with Gasteiger partial charge in [-0.05, 0) is 42.6 Å². The van der Waals surface area contributed by atoms with Gasteiger partial charge in [0.1, 0.15) is 11.2 Å². The molecule has 0 aliphatic heterocycles. The van der Waals surface area contributed by atoms with Crippen LogP contribution in [0, 0.1) is 35.0 Å². The van der Waals surface area contributed by atoms with Crippen LogP contribution in [0.3, 0.4) is 0 Å². The van der Waals surface area contributed by atoms with Crippen molar-refractivity contribution >= 4 is 20.1 Å². The van der Waals surface area contributed by atoms with Crippen LogP contribution >= 0.6 is 0 Å². The molecule has 7 nitrogen and oxygen atoms in total. The molecule has 0 amide bonds. The minimum atomic E-state index is -2.16. The number of hydrogen-bond acceptors (Lipinski definition) is 7. The lowest BCUT2D eigenvalue weighted by molar-refractivity contribution is -0.221.